The molecule has 0 spiro atoms. The number of rotatable bonds is 31. The molecule has 0 atom stereocenters. The van der Waals surface area contributed by atoms with Crippen LogP contribution in [0.25, 0.3) is 0 Å². The Hall–Kier alpha value is -5.18. The molecule has 0 saturated carbocycles. The summed E-state index contributed by atoms with van der Waals surface area (Å²) in [7, 11) is 0. The molecule has 2 aromatic rings. The van der Waals surface area contributed by atoms with Crippen LogP contribution in [0.4, 0.5) is 0 Å². The second kappa shape index (κ2) is 62.9. The van der Waals surface area contributed by atoms with Gasteiger partial charge < -0.3 is 65.8 Å². The van der Waals surface area contributed by atoms with Gasteiger partial charge in [0.05, 0.1) is 72.3 Å². The number of amides is 3. The summed E-state index contributed by atoms with van der Waals surface area (Å²) in [6, 6.07) is 19.7. The number of nitrogens with one attached hydrogen (secondary N) is 3. The number of hydrogen-bond acceptors (Lipinski definition) is 13. The predicted molar refractivity (Wildman–Crippen MR) is 268 cm³/mol. The van der Waals surface area contributed by atoms with Gasteiger partial charge >= 0.3 is 0 Å². The van der Waals surface area contributed by atoms with Crippen molar-refractivity contribution in [3.63, 3.8) is 0 Å². The first-order valence-corrected chi connectivity index (χ1v) is 23.2. The number of carboxylic acid groups (broad SMARTS) is 1. The highest BCUT2D eigenvalue weighted by Crippen LogP contribution is 1.94. The molecule has 0 heterocycles. The number of aliphatic imine (C=N–C) groups is 1. The van der Waals surface area contributed by atoms with Crippen LogP contribution in [-0.4, -0.2) is 153 Å². The Morgan fingerprint density at radius 2 is 0.940 bits per heavy atom. The first-order chi connectivity index (χ1) is 32.5. The van der Waals surface area contributed by atoms with E-state index in [9.17, 15) is 14.4 Å². The summed E-state index contributed by atoms with van der Waals surface area (Å²) >= 11 is 0. The maximum Gasteiger partial charge on any atom is 0.300 e. The zero-order valence-corrected chi connectivity index (χ0v) is 42.5. The number of nitrogens with two attached hydrogens (primary N) is 2. The lowest BCUT2D eigenvalue weighted by Gasteiger charge is -2.09. The first kappa shape index (κ1) is 70.8. The molecular formula is C48H89N7O12. The zero-order valence-electron chi connectivity index (χ0n) is 42.5. The van der Waals surface area contributed by atoms with Crippen molar-refractivity contribution in [3.8, 4) is 0 Å². The molecule has 2 rings (SSSR count). The van der Waals surface area contributed by atoms with E-state index < -0.39 is 5.97 Å². The van der Waals surface area contributed by atoms with E-state index in [0.717, 1.165) is 38.3 Å². The summed E-state index contributed by atoms with van der Waals surface area (Å²) in [5.41, 5.74) is 12.2. The van der Waals surface area contributed by atoms with Crippen LogP contribution in [0.2, 0.25) is 0 Å². The van der Waals surface area contributed by atoms with Crippen molar-refractivity contribution in [2.75, 3.05) is 112 Å². The number of carbonyl (C=O) groups excluding carboxylic acids is 3. The van der Waals surface area contributed by atoms with Crippen molar-refractivity contribution >= 4 is 35.9 Å². The van der Waals surface area contributed by atoms with Crippen LogP contribution >= 0.6 is 0 Å². The normalized spacial score (nSPS) is 9.46. The summed E-state index contributed by atoms with van der Waals surface area (Å²) in [4.78, 5) is 52.5. The van der Waals surface area contributed by atoms with Gasteiger partial charge in [-0.2, -0.15) is 0 Å². The van der Waals surface area contributed by atoms with E-state index in [2.05, 4.69) is 45.2 Å². The van der Waals surface area contributed by atoms with Gasteiger partial charge in [-0.3, -0.25) is 24.2 Å². The lowest BCUT2D eigenvalue weighted by Crippen LogP contribution is -2.33. The Morgan fingerprint density at radius 1 is 0.567 bits per heavy atom. The topological polar surface area (TPSA) is 266 Å². The highest BCUT2D eigenvalue weighted by atomic mass is 16.6. The lowest BCUT2D eigenvalue weighted by atomic mass is 10.2. The fourth-order valence-electron chi connectivity index (χ4n) is 3.81. The Labute approximate surface area is 402 Å². The quantitative estimate of drug-likeness (QED) is 0.0248. The molecule has 0 radical (unpaired) electrons. The fourth-order valence-corrected chi connectivity index (χ4v) is 3.81. The van der Waals surface area contributed by atoms with Crippen LogP contribution in [0.5, 0.6) is 0 Å². The van der Waals surface area contributed by atoms with Gasteiger partial charge in [-0.15, -0.1) is 0 Å². The number of carbonyl (C=O) groups is 4. The Balaban J connectivity index is -0.000000434. The molecule has 0 aromatic heterocycles. The van der Waals surface area contributed by atoms with E-state index in [4.69, 9.17) is 54.6 Å². The smallest absolute Gasteiger partial charge is 0.300 e. The highest BCUT2D eigenvalue weighted by molar-refractivity contribution is 5.80. The van der Waals surface area contributed by atoms with Gasteiger partial charge in [-0.05, 0) is 25.3 Å². The van der Waals surface area contributed by atoms with Gasteiger partial charge in [0.2, 0.25) is 11.8 Å². The number of unbranched alkanes of at least 4 members (excludes halogenated alkanes) is 1. The standard InChI is InChI=1S/C29H48N4O10.C7H8.C4H11N3.C2H4O2.3C2H6/c1-2-3-9-30-27(34)23-42-24-28(35)31-10-12-37-14-16-39-18-20-41-21-19-40-17-15-38-13-11-32-29(36)25-43-33-22-26-7-5-4-6-8-26;1-7-5-3-2-4-6-7;1-2-3-7-4(5)6;1-2(3)4;3*1-2/h4-8,22H,2-3,9-21,23-25H2,1H3,(H,30,34)(H,31,35)(H,32,36);2-6H,1H3;2-3H2,1H3,(H4,5,6,7);1H3,(H,3,4);3*1-2H3/b33-22+;;;;;;. The molecule has 0 aliphatic heterocycles. The molecule has 19 heteroatoms. The Bertz CT molecular complexity index is 1390. The van der Waals surface area contributed by atoms with Gasteiger partial charge in [0.15, 0.2) is 12.6 Å². The van der Waals surface area contributed by atoms with Crippen LogP contribution in [0.15, 0.2) is 70.8 Å². The minimum Gasteiger partial charge on any atom is -0.481 e. The molecule has 67 heavy (non-hydrogen) atoms. The second-order valence-corrected chi connectivity index (χ2v) is 12.4. The number of oxime groups is 1. The van der Waals surface area contributed by atoms with Crippen molar-refractivity contribution in [2.24, 2.45) is 21.6 Å². The average Bonchev–Trinajstić information content (AvgIpc) is 3.33. The Morgan fingerprint density at radius 3 is 1.28 bits per heavy atom. The molecule has 0 bridgehead atoms. The third kappa shape index (κ3) is 70.0. The molecule has 0 fully saturated rings. The third-order valence-electron chi connectivity index (χ3n) is 6.67. The molecule has 3 amide bonds. The van der Waals surface area contributed by atoms with Crippen LogP contribution in [0.1, 0.15) is 92.7 Å². The summed E-state index contributed by atoms with van der Waals surface area (Å²) in [5, 5.41) is 19.2. The molecule has 8 N–H and O–H groups in total. The average molecular weight is 956 g/mol. The van der Waals surface area contributed by atoms with Gasteiger partial charge in [-0.25, -0.2) is 0 Å². The van der Waals surface area contributed by atoms with E-state index in [1.807, 2.05) is 104 Å². The maximum absolute atomic E-state index is 11.7. The molecule has 388 valence electrons. The van der Waals surface area contributed by atoms with Gasteiger partial charge in [0.25, 0.3) is 11.9 Å². The van der Waals surface area contributed by atoms with E-state index in [-0.39, 0.29) is 43.5 Å². The largest absolute Gasteiger partial charge is 0.481 e. The summed E-state index contributed by atoms with van der Waals surface area (Å²) < 4.78 is 32.1. The van der Waals surface area contributed by atoms with Crippen molar-refractivity contribution in [2.45, 2.75) is 88.5 Å². The van der Waals surface area contributed by atoms with Gasteiger partial charge in [0.1, 0.15) is 13.2 Å². The number of aryl methyl sites for hydroxylation is 1. The minimum absolute atomic E-state index is 0.134. The number of ether oxygens (including phenoxy) is 6. The van der Waals surface area contributed by atoms with Crippen molar-refractivity contribution in [1.29, 1.82) is 0 Å². The van der Waals surface area contributed by atoms with Gasteiger partial charge in [0, 0.05) is 33.1 Å². The molecule has 0 unspecified atom stereocenters. The zero-order chi connectivity index (χ0) is 51.4. The highest BCUT2D eigenvalue weighted by Gasteiger charge is 2.05. The van der Waals surface area contributed by atoms with Crippen molar-refractivity contribution in [3.05, 3.63) is 71.8 Å². The molecule has 0 aliphatic rings. The summed E-state index contributed by atoms with van der Waals surface area (Å²) in [5.74, 6) is -1.45. The maximum atomic E-state index is 11.7. The van der Waals surface area contributed by atoms with Crippen molar-refractivity contribution in [1.82, 2.24) is 16.0 Å². The number of hydrogen-bond donors (Lipinski definition) is 6. The summed E-state index contributed by atoms with van der Waals surface area (Å²) in [6.07, 6.45) is 4.45. The van der Waals surface area contributed by atoms with E-state index >= 15 is 0 Å². The second-order valence-electron chi connectivity index (χ2n) is 12.4. The lowest BCUT2D eigenvalue weighted by molar-refractivity contribution is -0.134. The number of nitrogens with zero attached hydrogens (tertiary/aromatic N) is 2. The SMILES string of the molecule is CC.CC.CC.CC(=O)O.CCCCNC(=O)COCC(=O)NCCOCCOCCOCCOCCOCCNC(=O)CO/N=C/c1ccccc1.CCCN=C(N)N.Cc1ccccc1. The fraction of sp³-hybridized carbons (Fsp3) is 0.625. The van der Waals surface area contributed by atoms with Crippen LogP contribution < -0.4 is 27.4 Å². The Kier molecular flexibility index (Phi) is 66.5. The third-order valence-corrected chi connectivity index (χ3v) is 6.67. The number of benzene rings is 2. The molecule has 0 saturated heterocycles. The van der Waals surface area contributed by atoms with E-state index in [1.165, 1.54) is 5.56 Å². The predicted octanol–water partition coefficient (Wildman–Crippen LogP) is 5.12. The first-order valence-electron chi connectivity index (χ1n) is 23.2. The number of carboxylic acids is 1. The van der Waals surface area contributed by atoms with Crippen LogP contribution in [0.3, 0.4) is 0 Å². The number of aliphatic carboxylic acids is 1. The molecule has 19 nitrogen and oxygen atoms in total. The van der Waals surface area contributed by atoms with E-state index in [1.54, 1.807) is 6.21 Å². The molecule has 0 aliphatic carbocycles. The summed E-state index contributed by atoms with van der Waals surface area (Å²) in [6.45, 7) is 24.9. The van der Waals surface area contributed by atoms with E-state index in [0.29, 0.717) is 85.7 Å². The number of guanidine groups is 1. The minimum atomic E-state index is -0.833. The van der Waals surface area contributed by atoms with Crippen LogP contribution in [0, 0.1) is 6.92 Å². The molecule has 2 aromatic carbocycles. The van der Waals surface area contributed by atoms with Crippen molar-refractivity contribution < 1.29 is 57.5 Å². The van der Waals surface area contributed by atoms with Crippen LogP contribution in [-0.2, 0) is 52.4 Å². The van der Waals surface area contributed by atoms with Gasteiger partial charge in [-0.1, -0.05) is 133 Å². The monoisotopic (exact) mass is 956 g/mol. The molecular weight excluding hydrogens is 867 g/mol.